The third-order valence-electron chi connectivity index (χ3n) is 5.51. The molecule has 0 atom stereocenters. The Morgan fingerprint density at radius 1 is 1.12 bits per heavy atom. The Labute approximate surface area is 201 Å². The first-order valence-electron chi connectivity index (χ1n) is 10.7. The zero-order chi connectivity index (χ0) is 23.5. The van der Waals surface area contributed by atoms with Gasteiger partial charge in [0, 0.05) is 47.2 Å². The first-order valence-corrected chi connectivity index (χ1v) is 13.0. The van der Waals surface area contributed by atoms with Crippen LogP contribution in [0, 0.1) is 0 Å². The second kappa shape index (κ2) is 9.51. The van der Waals surface area contributed by atoms with Crippen LogP contribution < -0.4 is 5.32 Å². The number of amides is 1. The van der Waals surface area contributed by atoms with Crippen molar-refractivity contribution in [1.29, 1.82) is 0 Å². The number of carbonyl (C=O) groups excluding carboxylic acids is 1. The zero-order valence-corrected chi connectivity index (χ0v) is 19.7. The summed E-state index contributed by atoms with van der Waals surface area (Å²) < 4.78 is 32.1. The largest absolute Gasteiger partial charge is 0.379 e. The number of aromatic nitrogens is 2. The van der Waals surface area contributed by atoms with Crippen LogP contribution >= 0.6 is 11.3 Å². The highest BCUT2D eigenvalue weighted by Crippen LogP contribution is 2.31. The Kier molecular flexibility index (Phi) is 6.29. The van der Waals surface area contributed by atoms with Gasteiger partial charge in [0.2, 0.25) is 15.9 Å². The van der Waals surface area contributed by atoms with E-state index in [1.165, 1.54) is 21.7 Å². The van der Waals surface area contributed by atoms with E-state index in [1.54, 1.807) is 30.3 Å². The Bertz CT molecular complexity index is 1450. The third kappa shape index (κ3) is 4.66. The number of sulfonamides is 1. The van der Waals surface area contributed by atoms with E-state index in [0.717, 1.165) is 27.7 Å². The van der Waals surface area contributed by atoms with Crippen LogP contribution in [-0.2, 0) is 19.6 Å². The number of nitrogens with zero attached hydrogens (tertiary/aromatic N) is 2. The van der Waals surface area contributed by atoms with Crippen LogP contribution in [0.3, 0.4) is 0 Å². The Balaban J connectivity index is 1.23. The van der Waals surface area contributed by atoms with Gasteiger partial charge in [-0.3, -0.25) is 10.1 Å². The summed E-state index contributed by atoms with van der Waals surface area (Å²) in [7, 11) is -3.54. The van der Waals surface area contributed by atoms with Crippen molar-refractivity contribution in [3.05, 3.63) is 71.7 Å². The van der Waals surface area contributed by atoms with E-state index in [1.807, 2.05) is 35.8 Å². The molecular formula is C24H22N4O4S2. The van der Waals surface area contributed by atoms with Crippen molar-refractivity contribution >= 4 is 49.4 Å². The molecular weight excluding hydrogens is 472 g/mol. The molecule has 1 amide bonds. The minimum atomic E-state index is -3.54. The molecule has 2 aromatic heterocycles. The summed E-state index contributed by atoms with van der Waals surface area (Å²) in [6, 6.07) is 14.4. The minimum Gasteiger partial charge on any atom is -0.379 e. The number of rotatable bonds is 6. The van der Waals surface area contributed by atoms with E-state index in [0.29, 0.717) is 31.4 Å². The lowest BCUT2D eigenvalue weighted by Gasteiger charge is -2.26. The lowest BCUT2D eigenvalue weighted by molar-refractivity contribution is -0.111. The number of aromatic amines is 1. The fourth-order valence-electron chi connectivity index (χ4n) is 3.74. The van der Waals surface area contributed by atoms with Crippen LogP contribution in [0.25, 0.3) is 28.2 Å². The number of hydrogen-bond donors (Lipinski definition) is 2. The van der Waals surface area contributed by atoms with Crippen LogP contribution in [0.5, 0.6) is 0 Å². The molecule has 0 spiro atoms. The molecule has 0 saturated carbocycles. The van der Waals surface area contributed by atoms with Gasteiger partial charge in [0.25, 0.3) is 0 Å². The predicted molar refractivity (Wildman–Crippen MR) is 133 cm³/mol. The quantitative estimate of drug-likeness (QED) is 0.395. The number of morpholine rings is 1. The van der Waals surface area contributed by atoms with Crippen molar-refractivity contribution < 1.29 is 17.9 Å². The highest BCUT2D eigenvalue weighted by Gasteiger charge is 2.25. The van der Waals surface area contributed by atoms with Crippen molar-refractivity contribution in [2.24, 2.45) is 0 Å². The summed E-state index contributed by atoms with van der Waals surface area (Å²) in [6.07, 6.45) is 4.95. The summed E-state index contributed by atoms with van der Waals surface area (Å²) >= 11 is 1.35. The summed E-state index contributed by atoms with van der Waals surface area (Å²) in [5.41, 5.74) is 3.52. The number of hydrogen-bond acceptors (Lipinski definition) is 6. The SMILES string of the molecule is O=C(/C=C/c1ccc(S(=O)(=O)N2CCOCC2)cc1)Nc1nc(-c2c[nH]c3ccccc23)cs1. The zero-order valence-electron chi connectivity index (χ0n) is 18.1. The molecule has 10 heteroatoms. The first-order chi connectivity index (χ1) is 16.5. The fourth-order valence-corrected chi connectivity index (χ4v) is 5.87. The predicted octanol–water partition coefficient (Wildman–Crippen LogP) is 3.96. The van der Waals surface area contributed by atoms with Crippen LogP contribution in [0.4, 0.5) is 5.13 Å². The van der Waals surface area contributed by atoms with Gasteiger partial charge in [-0.2, -0.15) is 4.31 Å². The van der Waals surface area contributed by atoms with E-state index in [4.69, 9.17) is 4.74 Å². The molecule has 4 aromatic rings. The van der Waals surface area contributed by atoms with Gasteiger partial charge in [-0.15, -0.1) is 11.3 Å². The second-order valence-corrected chi connectivity index (χ2v) is 10.5. The molecule has 5 rings (SSSR count). The summed E-state index contributed by atoms with van der Waals surface area (Å²) in [4.78, 5) is 20.4. The number of carbonyl (C=O) groups is 1. The van der Waals surface area contributed by atoms with Gasteiger partial charge in [0.15, 0.2) is 5.13 Å². The molecule has 34 heavy (non-hydrogen) atoms. The molecule has 2 N–H and O–H groups in total. The molecule has 1 fully saturated rings. The average molecular weight is 495 g/mol. The van der Waals surface area contributed by atoms with Crippen LogP contribution in [0.2, 0.25) is 0 Å². The Morgan fingerprint density at radius 3 is 2.68 bits per heavy atom. The maximum absolute atomic E-state index is 12.7. The van der Waals surface area contributed by atoms with Gasteiger partial charge in [-0.25, -0.2) is 13.4 Å². The molecule has 0 unspecified atom stereocenters. The molecule has 0 bridgehead atoms. The number of ether oxygens (including phenoxy) is 1. The van der Waals surface area contributed by atoms with Gasteiger partial charge in [0.1, 0.15) is 0 Å². The van der Waals surface area contributed by atoms with E-state index in [9.17, 15) is 13.2 Å². The lowest BCUT2D eigenvalue weighted by Crippen LogP contribution is -2.40. The summed E-state index contributed by atoms with van der Waals surface area (Å²) in [5.74, 6) is -0.315. The van der Waals surface area contributed by atoms with Crippen molar-refractivity contribution in [1.82, 2.24) is 14.3 Å². The summed E-state index contributed by atoms with van der Waals surface area (Å²) in [6.45, 7) is 1.50. The van der Waals surface area contributed by atoms with Crippen molar-refractivity contribution in [3.8, 4) is 11.3 Å². The van der Waals surface area contributed by atoms with E-state index in [2.05, 4.69) is 15.3 Å². The standard InChI is InChI=1S/C24H22N4O4S2/c29-23(27-24-26-22(16-33-24)20-15-25-21-4-2-1-3-19(20)21)10-7-17-5-8-18(9-6-17)34(30,31)28-11-13-32-14-12-28/h1-10,15-16,25H,11-14H2,(H,26,27,29)/b10-7+. The van der Waals surface area contributed by atoms with Gasteiger partial charge in [-0.05, 0) is 29.8 Å². The van der Waals surface area contributed by atoms with Gasteiger partial charge in [-0.1, -0.05) is 30.3 Å². The number of nitrogens with one attached hydrogen (secondary N) is 2. The van der Waals surface area contributed by atoms with Gasteiger partial charge >= 0.3 is 0 Å². The first kappa shape index (κ1) is 22.5. The Morgan fingerprint density at radius 2 is 1.88 bits per heavy atom. The maximum atomic E-state index is 12.7. The van der Waals surface area contributed by atoms with Crippen LogP contribution in [0.15, 0.2) is 71.1 Å². The van der Waals surface area contributed by atoms with Gasteiger partial charge < -0.3 is 9.72 Å². The van der Waals surface area contributed by atoms with Gasteiger partial charge in [0.05, 0.1) is 23.8 Å². The molecule has 1 saturated heterocycles. The molecule has 3 heterocycles. The third-order valence-corrected chi connectivity index (χ3v) is 8.19. The second-order valence-electron chi connectivity index (χ2n) is 7.69. The number of thiazole rings is 1. The fraction of sp³-hybridized carbons (Fsp3) is 0.167. The van der Waals surface area contributed by atoms with Crippen molar-refractivity contribution in [3.63, 3.8) is 0 Å². The summed E-state index contributed by atoms with van der Waals surface area (Å²) in [5, 5.41) is 6.26. The Hall–Kier alpha value is -3.31. The molecule has 174 valence electrons. The molecule has 0 radical (unpaired) electrons. The normalized spacial score (nSPS) is 15.2. The van der Waals surface area contributed by atoms with Crippen LogP contribution in [0.1, 0.15) is 5.56 Å². The molecule has 1 aliphatic heterocycles. The number of anilines is 1. The van der Waals surface area contributed by atoms with E-state index >= 15 is 0 Å². The van der Waals surface area contributed by atoms with E-state index < -0.39 is 10.0 Å². The number of fused-ring (bicyclic) bond motifs is 1. The van der Waals surface area contributed by atoms with Crippen molar-refractivity contribution in [2.45, 2.75) is 4.90 Å². The highest BCUT2D eigenvalue weighted by molar-refractivity contribution is 7.89. The maximum Gasteiger partial charge on any atom is 0.250 e. The number of H-pyrrole nitrogens is 1. The van der Waals surface area contributed by atoms with E-state index in [-0.39, 0.29) is 10.8 Å². The molecule has 1 aliphatic rings. The number of benzene rings is 2. The van der Waals surface area contributed by atoms with Crippen LogP contribution in [-0.4, -0.2) is 54.9 Å². The molecule has 2 aromatic carbocycles. The van der Waals surface area contributed by atoms with Crippen molar-refractivity contribution in [2.75, 3.05) is 31.6 Å². The monoisotopic (exact) mass is 494 g/mol. The smallest absolute Gasteiger partial charge is 0.250 e. The highest BCUT2D eigenvalue weighted by atomic mass is 32.2. The molecule has 8 nitrogen and oxygen atoms in total. The topological polar surface area (TPSA) is 104 Å². The molecule has 0 aliphatic carbocycles. The average Bonchev–Trinajstić information content (AvgIpc) is 3.50. The minimum absolute atomic E-state index is 0.226. The number of para-hydroxylation sites is 1. The lowest BCUT2D eigenvalue weighted by atomic mass is 10.1.